The maximum absolute atomic E-state index is 12.9. The van der Waals surface area contributed by atoms with Crippen molar-refractivity contribution in [1.29, 1.82) is 0 Å². The molecule has 0 aliphatic carbocycles. The van der Waals surface area contributed by atoms with E-state index in [0.29, 0.717) is 18.0 Å². The van der Waals surface area contributed by atoms with E-state index < -0.39 is 17.8 Å². The molecule has 94 valence electrons. The van der Waals surface area contributed by atoms with E-state index in [1.54, 1.807) is 0 Å². The van der Waals surface area contributed by atoms with Gasteiger partial charge in [0.25, 0.3) is 0 Å². The quantitative estimate of drug-likeness (QED) is 0.851. The van der Waals surface area contributed by atoms with Crippen LogP contribution in [0.25, 0.3) is 0 Å². The molecule has 0 radical (unpaired) electrons. The predicted molar refractivity (Wildman–Crippen MR) is 66.2 cm³/mol. The highest BCUT2D eigenvalue weighted by Gasteiger charge is 2.20. The van der Waals surface area contributed by atoms with Crippen molar-refractivity contribution in [2.45, 2.75) is 19.9 Å². The molecule has 0 aromatic heterocycles. The van der Waals surface area contributed by atoms with E-state index in [9.17, 15) is 9.18 Å². The molecular weight excluding hydrogens is 243 g/mol. The summed E-state index contributed by atoms with van der Waals surface area (Å²) in [6.07, 6.45) is 0. The molecule has 1 aromatic carbocycles. The molecule has 0 aliphatic rings. The zero-order chi connectivity index (χ0) is 13.0. The summed E-state index contributed by atoms with van der Waals surface area (Å²) < 4.78 is 12.9. The molecule has 1 amide bonds. The average Bonchev–Trinajstić information content (AvgIpc) is 2.20. The monoisotopic (exact) mass is 258 g/mol. The van der Waals surface area contributed by atoms with E-state index in [1.165, 1.54) is 18.2 Å². The first-order valence-electron chi connectivity index (χ1n) is 5.39. The maximum atomic E-state index is 12.9. The minimum Gasteiger partial charge on any atom is -0.368 e. The van der Waals surface area contributed by atoms with Gasteiger partial charge < -0.3 is 11.1 Å². The smallest absolute Gasteiger partial charge is 0.239 e. The molecule has 3 N–H and O–H groups in total. The number of amides is 1. The summed E-state index contributed by atoms with van der Waals surface area (Å²) in [5.41, 5.74) is 5.81. The van der Waals surface area contributed by atoms with E-state index >= 15 is 0 Å². The van der Waals surface area contributed by atoms with Crippen LogP contribution in [-0.2, 0) is 4.79 Å². The summed E-state index contributed by atoms with van der Waals surface area (Å²) in [7, 11) is 0. The van der Waals surface area contributed by atoms with Crippen molar-refractivity contribution in [2.24, 2.45) is 11.7 Å². The Kier molecular flexibility index (Phi) is 4.90. The van der Waals surface area contributed by atoms with Gasteiger partial charge in [-0.1, -0.05) is 31.5 Å². The minimum atomic E-state index is -0.689. The molecule has 1 rings (SSSR count). The van der Waals surface area contributed by atoms with Gasteiger partial charge in [-0.3, -0.25) is 4.79 Å². The lowest BCUT2D eigenvalue weighted by Crippen LogP contribution is -2.35. The van der Waals surface area contributed by atoms with Crippen molar-refractivity contribution in [3.05, 3.63) is 34.6 Å². The van der Waals surface area contributed by atoms with Gasteiger partial charge in [0.15, 0.2) is 0 Å². The SMILES string of the molecule is CC(C)CNC(C(N)=O)c1ccc(F)cc1Cl. The van der Waals surface area contributed by atoms with Gasteiger partial charge in [0.2, 0.25) is 5.91 Å². The molecule has 17 heavy (non-hydrogen) atoms. The molecule has 3 nitrogen and oxygen atoms in total. The Morgan fingerprint density at radius 2 is 2.18 bits per heavy atom. The fourth-order valence-corrected chi connectivity index (χ4v) is 1.73. The van der Waals surface area contributed by atoms with Crippen LogP contribution in [0.15, 0.2) is 18.2 Å². The molecule has 0 saturated heterocycles. The van der Waals surface area contributed by atoms with E-state index in [-0.39, 0.29) is 5.02 Å². The Morgan fingerprint density at radius 3 is 2.65 bits per heavy atom. The van der Waals surface area contributed by atoms with Crippen LogP contribution in [0.2, 0.25) is 5.02 Å². The van der Waals surface area contributed by atoms with Crippen molar-refractivity contribution in [2.75, 3.05) is 6.54 Å². The first-order chi connectivity index (χ1) is 7.91. The van der Waals surface area contributed by atoms with Gasteiger partial charge in [-0.2, -0.15) is 0 Å². The minimum absolute atomic E-state index is 0.199. The van der Waals surface area contributed by atoms with E-state index in [2.05, 4.69) is 5.32 Å². The highest BCUT2D eigenvalue weighted by Crippen LogP contribution is 2.23. The van der Waals surface area contributed by atoms with Crippen LogP contribution in [-0.4, -0.2) is 12.5 Å². The zero-order valence-electron chi connectivity index (χ0n) is 9.84. The lowest BCUT2D eigenvalue weighted by molar-refractivity contribution is -0.120. The van der Waals surface area contributed by atoms with Gasteiger partial charge in [0, 0.05) is 5.02 Å². The van der Waals surface area contributed by atoms with Crippen molar-refractivity contribution in [3.8, 4) is 0 Å². The number of hydrogen-bond acceptors (Lipinski definition) is 2. The summed E-state index contributed by atoms with van der Waals surface area (Å²) in [5, 5.41) is 3.21. The van der Waals surface area contributed by atoms with Crippen LogP contribution in [0.4, 0.5) is 4.39 Å². The molecule has 0 saturated carbocycles. The molecular formula is C12H16ClFN2O. The maximum Gasteiger partial charge on any atom is 0.239 e. The number of benzene rings is 1. The van der Waals surface area contributed by atoms with Crippen LogP contribution in [0.5, 0.6) is 0 Å². The second-order valence-corrected chi connectivity index (χ2v) is 4.71. The highest BCUT2D eigenvalue weighted by molar-refractivity contribution is 6.31. The van der Waals surface area contributed by atoms with Gasteiger partial charge in [-0.25, -0.2) is 4.39 Å². The number of halogens is 2. The van der Waals surface area contributed by atoms with Crippen molar-refractivity contribution in [1.82, 2.24) is 5.32 Å². The number of hydrogen-bond donors (Lipinski definition) is 2. The Morgan fingerprint density at radius 1 is 1.53 bits per heavy atom. The van der Waals surface area contributed by atoms with Gasteiger partial charge in [-0.15, -0.1) is 0 Å². The van der Waals surface area contributed by atoms with E-state index in [1.807, 2.05) is 13.8 Å². The van der Waals surface area contributed by atoms with Crippen LogP contribution in [0, 0.1) is 11.7 Å². The van der Waals surface area contributed by atoms with Crippen molar-refractivity contribution >= 4 is 17.5 Å². The zero-order valence-corrected chi connectivity index (χ0v) is 10.6. The Bertz CT molecular complexity index is 409. The second kappa shape index (κ2) is 5.98. The van der Waals surface area contributed by atoms with Gasteiger partial charge in [-0.05, 0) is 30.2 Å². The summed E-state index contributed by atoms with van der Waals surface area (Å²) in [4.78, 5) is 11.4. The van der Waals surface area contributed by atoms with E-state index in [4.69, 9.17) is 17.3 Å². The highest BCUT2D eigenvalue weighted by atomic mass is 35.5. The number of rotatable bonds is 5. The Labute approximate surface area is 105 Å². The fourth-order valence-electron chi connectivity index (χ4n) is 1.45. The molecule has 0 aliphatic heterocycles. The number of carbonyl (C=O) groups is 1. The van der Waals surface area contributed by atoms with Gasteiger partial charge in [0.1, 0.15) is 11.9 Å². The summed E-state index contributed by atoms with van der Waals surface area (Å²) in [6, 6.07) is 3.21. The first-order valence-corrected chi connectivity index (χ1v) is 5.77. The lowest BCUT2D eigenvalue weighted by Gasteiger charge is -2.18. The molecule has 1 aromatic rings. The summed E-state index contributed by atoms with van der Waals surface area (Å²) in [5.74, 6) is -0.596. The average molecular weight is 259 g/mol. The number of carbonyl (C=O) groups excluding carboxylic acids is 1. The van der Waals surface area contributed by atoms with Crippen LogP contribution in [0.1, 0.15) is 25.5 Å². The molecule has 0 bridgehead atoms. The number of primary amides is 1. The largest absolute Gasteiger partial charge is 0.368 e. The Balaban J connectivity index is 2.93. The van der Waals surface area contributed by atoms with Crippen molar-refractivity contribution in [3.63, 3.8) is 0 Å². The normalized spacial score (nSPS) is 12.8. The molecule has 5 heteroatoms. The van der Waals surface area contributed by atoms with Crippen LogP contribution >= 0.6 is 11.6 Å². The lowest BCUT2D eigenvalue weighted by atomic mass is 10.1. The fraction of sp³-hybridized carbons (Fsp3) is 0.417. The molecule has 1 unspecified atom stereocenters. The van der Waals surface area contributed by atoms with Crippen LogP contribution in [0.3, 0.4) is 0 Å². The van der Waals surface area contributed by atoms with Gasteiger partial charge in [0.05, 0.1) is 0 Å². The Hall–Kier alpha value is -1.13. The van der Waals surface area contributed by atoms with E-state index in [0.717, 1.165) is 0 Å². The third-order valence-corrected chi connectivity index (χ3v) is 2.62. The standard InChI is InChI=1S/C12H16ClFN2O/c1-7(2)6-16-11(12(15)17)9-4-3-8(14)5-10(9)13/h3-5,7,11,16H,6H2,1-2H3,(H2,15,17). The summed E-state index contributed by atoms with van der Waals surface area (Å²) >= 11 is 5.90. The van der Waals surface area contributed by atoms with Crippen LogP contribution < -0.4 is 11.1 Å². The second-order valence-electron chi connectivity index (χ2n) is 4.30. The third-order valence-electron chi connectivity index (χ3n) is 2.29. The molecule has 0 heterocycles. The number of nitrogens with two attached hydrogens (primary N) is 1. The van der Waals surface area contributed by atoms with Crippen molar-refractivity contribution < 1.29 is 9.18 Å². The summed E-state index contributed by atoms with van der Waals surface area (Å²) in [6.45, 7) is 4.65. The molecule has 1 atom stereocenters. The predicted octanol–water partition coefficient (Wildman–Crippen LogP) is 2.25. The third kappa shape index (κ3) is 3.98. The topological polar surface area (TPSA) is 55.1 Å². The molecule has 0 fully saturated rings. The first kappa shape index (κ1) is 13.9. The van der Waals surface area contributed by atoms with Gasteiger partial charge >= 0.3 is 0 Å². The number of nitrogens with one attached hydrogen (secondary N) is 1. The molecule has 0 spiro atoms.